The van der Waals surface area contributed by atoms with E-state index in [1.165, 1.54) is 96.3 Å². The Morgan fingerprint density at radius 2 is 0.967 bits per heavy atom. The first kappa shape index (κ1) is 57.4. The van der Waals surface area contributed by atoms with E-state index >= 15 is 0 Å². The zero-order valence-corrected chi connectivity index (χ0v) is 38.6. The fraction of sp³-hybridized carbons (Fsp3) is 0.771. The standard InChI is InChI=1S/C48H86NO10P/c1-3-5-7-9-11-13-15-17-19-20-21-22-23-24-26-27-29-31-33-35-37-39-46(51)49-45(48(53)54)43-59-60(55,56)58-42-44(50)41-57-47(52)40-38-36-34-32-30-28-25-18-16-14-12-10-8-6-4-2/h6,8,12,14,17-19,25,44-45,50H,3-5,7,9-11,13,15-16,20-24,26-43H2,1-2H3,(H,49,51)(H,53,54)(H,55,56)/b8-6-,14-12-,19-17+,25-18-. The maximum atomic E-state index is 12.3. The fourth-order valence-electron chi connectivity index (χ4n) is 6.44. The molecule has 4 N–H and O–H groups in total. The number of hydrogen-bond donors (Lipinski definition) is 4. The van der Waals surface area contributed by atoms with Crippen molar-refractivity contribution in [2.24, 2.45) is 0 Å². The van der Waals surface area contributed by atoms with Gasteiger partial charge in [-0.1, -0.05) is 172 Å². The van der Waals surface area contributed by atoms with Gasteiger partial charge >= 0.3 is 19.8 Å². The zero-order valence-electron chi connectivity index (χ0n) is 37.8. The molecule has 0 spiro atoms. The summed E-state index contributed by atoms with van der Waals surface area (Å²) in [6, 6.07) is -1.55. The predicted octanol–water partition coefficient (Wildman–Crippen LogP) is 12.6. The van der Waals surface area contributed by atoms with E-state index in [2.05, 4.69) is 67.8 Å². The number of phosphoric acid groups is 1. The average Bonchev–Trinajstić information content (AvgIpc) is 3.22. The van der Waals surface area contributed by atoms with E-state index < -0.39 is 57.6 Å². The van der Waals surface area contributed by atoms with E-state index in [9.17, 15) is 34.1 Å². The number of unbranched alkanes of at least 4 members (excludes halogenated alkanes) is 22. The van der Waals surface area contributed by atoms with Crippen LogP contribution >= 0.6 is 7.82 Å². The van der Waals surface area contributed by atoms with Gasteiger partial charge in [-0.25, -0.2) is 9.36 Å². The third-order valence-corrected chi connectivity index (χ3v) is 11.1. The second-order valence-electron chi connectivity index (χ2n) is 15.9. The number of aliphatic hydroxyl groups is 1. The molecular formula is C48H86NO10P. The molecule has 0 fully saturated rings. The van der Waals surface area contributed by atoms with E-state index in [1.807, 2.05) is 0 Å². The minimum absolute atomic E-state index is 0.143. The van der Waals surface area contributed by atoms with Gasteiger partial charge in [-0.2, -0.15) is 0 Å². The highest BCUT2D eigenvalue weighted by atomic mass is 31.2. The lowest BCUT2D eigenvalue weighted by molar-refractivity contribution is -0.147. The summed E-state index contributed by atoms with van der Waals surface area (Å²) in [5.41, 5.74) is 0. The Labute approximate surface area is 364 Å². The first-order chi connectivity index (χ1) is 29.1. The Morgan fingerprint density at radius 3 is 1.47 bits per heavy atom. The van der Waals surface area contributed by atoms with E-state index in [1.54, 1.807) is 0 Å². The van der Waals surface area contributed by atoms with E-state index in [4.69, 9.17) is 13.8 Å². The molecule has 11 nitrogen and oxygen atoms in total. The molecule has 1 amide bonds. The number of carbonyl (C=O) groups excluding carboxylic acids is 2. The second-order valence-corrected chi connectivity index (χ2v) is 17.4. The number of aliphatic hydroxyl groups excluding tert-OH is 1. The van der Waals surface area contributed by atoms with Crippen molar-refractivity contribution >= 4 is 25.7 Å². The van der Waals surface area contributed by atoms with Crippen LogP contribution in [0.4, 0.5) is 0 Å². The van der Waals surface area contributed by atoms with Gasteiger partial charge in [0.15, 0.2) is 6.04 Å². The topological polar surface area (TPSA) is 169 Å². The zero-order chi connectivity index (χ0) is 44.2. The van der Waals surface area contributed by atoms with Crippen LogP contribution in [0, 0.1) is 0 Å². The summed E-state index contributed by atoms with van der Waals surface area (Å²) in [7, 11) is -4.76. The molecule has 3 atom stereocenters. The molecule has 0 rings (SSSR count). The number of esters is 1. The Kier molecular flexibility index (Phi) is 41.3. The van der Waals surface area contributed by atoms with Crippen molar-refractivity contribution in [3.63, 3.8) is 0 Å². The number of amides is 1. The lowest BCUT2D eigenvalue weighted by Crippen LogP contribution is -2.43. The van der Waals surface area contributed by atoms with Gasteiger partial charge in [0.25, 0.3) is 0 Å². The number of hydrogen-bond acceptors (Lipinski definition) is 8. The minimum Gasteiger partial charge on any atom is -0.480 e. The lowest BCUT2D eigenvalue weighted by atomic mass is 10.0. The number of carboxylic acids is 1. The van der Waals surface area contributed by atoms with Gasteiger partial charge in [-0.3, -0.25) is 18.6 Å². The number of allylic oxidation sites excluding steroid dienone is 8. The van der Waals surface area contributed by atoms with Gasteiger partial charge < -0.3 is 25.2 Å². The van der Waals surface area contributed by atoms with Crippen LogP contribution in [-0.4, -0.2) is 64.9 Å². The summed E-state index contributed by atoms with van der Waals surface area (Å²) < 4.78 is 26.9. The van der Waals surface area contributed by atoms with Gasteiger partial charge in [0.05, 0.1) is 13.2 Å². The molecule has 348 valence electrons. The summed E-state index contributed by atoms with van der Waals surface area (Å²) in [4.78, 5) is 46.0. The van der Waals surface area contributed by atoms with Crippen molar-refractivity contribution in [1.29, 1.82) is 0 Å². The molecular weight excluding hydrogens is 781 g/mol. The highest BCUT2D eigenvalue weighted by Gasteiger charge is 2.28. The normalized spacial score (nSPS) is 14.1. The summed E-state index contributed by atoms with van der Waals surface area (Å²) in [6.45, 7) is 2.47. The van der Waals surface area contributed by atoms with Gasteiger partial charge in [-0.15, -0.1) is 0 Å². The molecule has 60 heavy (non-hydrogen) atoms. The van der Waals surface area contributed by atoms with E-state index in [0.29, 0.717) is 12.8 Å². The second kappa shape index (κ2) is 43.1. The largest absolute Gasteiger partial charge is 0.480 e. The van der Waals surface area contributed by atoms with Gasteiger partial charge in [0.1, 0.15) is 12.7 Å². The van der Waals surface area contributed by atoms with Gasteiger partial charge in [0.2, 0.25) is 5.91 Å². The lowest BCUT2D eigenvalue weighted by Gasteiger charge is -2.18. The molecule has 0 aromatic carbocycles. The van der Waals surface area contributed by atoms with Crippen LogP contribution in [0.3, 0.4) is 0 Å². The van der Waals surface area contributed by atoms with Crippen molar-refractivity contribution < 1.29 is 47.8 Å². The highest BCUT2D eigenvalue weighted by Crippen LogP contribution is 2.43. The third-order valence-electron chi connectivity index (χ3n) is 10.1. The van der Waals surface area contributed by atoms with Crippen LogP contribution in [0.1, 0.15) is 206 Å². The molecule has 3 unspecified atom stereocenters. The van der Waals surface area contributed by atoms with Crippen molar-refractivity contribution in [2.75, 3.05) is 19.8 Å². The first-order valence-electron chi connectivity index (χ1n) is 23.7. The van der Waals surface area contributed by atoms with Crippen molar-refractivity contribution in [3.8, 4) is 0 Å². The monoisotopic (exact) mass is 868 g/mol. The molecule has 0 bridgehead atoms. The number of carboxylic acid groups (broad SMARTS) is 1. The number of phosphoric ester groups is 1. The maximum Gasteiger partial charge on any atom is 0.472 e. The maximum absolute atomic E-state index is 12.3. The minimum atomic E-state index is -4.76. The molecule has 0 radical (unpaired) electrons. The number of carbonyl (C=O) groups is 3. The molecule has 0 saturated heterocycles. The molecule has 0 aliphatic carbocycles. The molecule has 0 aliphatic rings. The summed E-state index contributed by atoms with van der Waals surface area (Å²) >= 11 is 0. The number of ether oxygens (including phenoxy) is 1. The Balaban J connectivity index is 3.87. The fourth-order valence-corrected chi connectivity index (χ4v) is 7.21. The number of aliphatic carboxylic acids is 1. The van der Waals surface area contributed by atoms with Crippen LogP contribution in [0.5, 0.6) is 0 Å². The molecule has 12 heteroatoms. The first-order valence-corrected chi connectivity index (χ1v) is 25.2. The van der Waals surface area contributed by atoms with Crippen molar-refractivity contribution in [3.05, 3.63) is 48.6 Å². The van der Waals surface area contributed by atoms with E-state index in [-0.39, 0.29) is 12.8 Å². The van der Waals surface area contributed by atoms with Crippen LogP contribution in [-0.2, 0) is 32.7 Å². The predicted molar refractivity (Wildman–Crippen MR) is 245 cm³/mol. The molecule has 0 aromatic rings. The summed E-state index contributed by atoms with van der Waals surface area (Å²) in [5.74, 6) is -2.39. The molecule has 0 heterocycles. The molecule has 0 saturated carbocycles. The Hall–Kier alpha value is -2.56. The SMILES string of the molecule is CC/C=C\C/C=C\C/C=C\CCCCCCCC(=O)OCC(O)COP(=O)(O)OCC(NC(=O)CCCCCCCCCCCCC/C=C/CCCCCCCC)C(=O)O. The van der Waals surface area contributed by atoms with Crippen molar-refractivity contribution in [2.45, 2.75) is 219 Å². The average molecular weight is 868 g/mol. The molecule has 0 aliphatic heterocycles. The molecule has 0 aromatic heterocycles. The van der Waals surface area contributed by atoms with E-state index in [0.717, 1.165) is 70.6 Å². The van der Waals surface area contributed by atoms with Crippen LogP contribution < -0.4 is 5.32 Å². The van der Waals surface area contributed by atoms with Crippen LogP contribution in [0.2, 0.25) is 0 Å². The summed E-state index contributed by atoms with van der Waals surface area (Å²) in [6.07, 6.45) is 48.5. The third kappa shape index (κ3) is 42.1. The van der Waals surface area contributed by atoms with Crippen molar-refractivity contribution in [1.82, 2.24) is 5.32 Å². The Morgan fingerprint density at radius 1 is 0.550 bits per heavy atom. The highest BCUT2D eigenvalue weighted by molar-refractivity contribution is 7.47. The Bertz CT molecular complexity index is 1200. The summed E-state index contributed by atoms with van der Waals surface area (Å²) in [5, 5.41) is 21.9. The quantitative estimate of drug-likeness (QED) is 0.0200. The number of rotatable bonds is 44. The van der Waals surface area contributed by atoms with Crippen LogP contribution in [0.25, 0.3) is 0 Å². The smallest absolute Gasteiger partial charge is 0.472 e. The van der Waals surface area contributed by atoms with Gasteiger partial charge in [0, 0.05) is 12.8 Å². The van der Waals surface area contributed by atoms with Crippen LogP contribution in [0.15, 0.2) is 48.6 Å². The van der Waals surface area contributed by atoms with Gasteiger partial charge in [-0.05, 0) is 70.6 Å². The number of nitrogens with one attached hydrogen (secondary N) is 1.